The smallest absolute Gasteiger partial charge is 0.396 e. The maximum atomic E-state index is 13.3. The maximum absolute atomic E-state index is 13.3. The second-order valence-electron chi connectivity index (χ2n) is 5.88. The average molecular weight is 694 g/mol. The van der Waals surface area contributed by atoms with Crippen molar-refractivity contribution in [2.45, 2.75) is 59.7 Å². The minimum atomic E-state index is -9.29. The summed E-state index contributed by atoms with van der Waals surface area (Å²) in [7, 11) is 0. The molecule has 0 aromatic rings. The molecule has 0 amide bonds. The van der Waals surface area contributed by atoms with Crippen molar-refractivity contribution in [3.05, 3.63) is 0 Å². The topological polar surface area (TPSA) is 55.3 Å². The quantitative estimate of drug-likeness (QED) is 0.257. The van der Waals surface area contributed by atoms with Crippen LogP contribution in [-0.2, 0) is 3.07 Å². The van der Waals surface area contributed by atoms with Gasteiger partial charge in [0, 0.05) is 0 Å². The summed E-state index contributed by atoms with van der Waals surface area (Å²) in [5.41, 5.74) is 0. The van der Waals surface area contributed by atoms with E-state index in [4.69, 9.17) is 0 Å². The first-order valence-electron chi connectivity index (χ1n) is 6.89. The normalized spacial score (nSPS) is 16.8. The summed E-state index contributed by atoms with van der Waals surface area (Å²) < 4.78 is 292. The SMILES string of the molecule is [O-][I+2]([O-])OC(F)(F)C(F)(F)C(F)(F)C(F)(F)C(F)(F)C(F)(F)C(F)(F)C(F)(F)C(F)(F)C(F)(F)F. The Morgan fingerprint density at radius 1 is 0.343 bits per heavy atom. The van der Waals surface area contributed by atoms with E-state index < -0.39 is 80.7 Å². The fourth-order valence-electron chi connectivity index (χ4n) is 1.67. The minimum Gasteiger partial charge on any atom is -0.396 e. The molecule has 0 aliphatic rings. The summed E-state index contributed by atoms with van der Waals surface area (Å²) in [5.74, 6) is -71.7. The van der Waals surface area contributed by atoms with Crippen LogP contribution in [0.25, 0.3) is 0 Å². The van der Waals surface area contributed by atoms with E-state index in [1.165, 1.54) is 0 Å². The van der Waals surface area contributed by atoms with E-state index >= 15 is 0 Å². The van der Waals surface area contributed by atoms with Gasteiger partial charge in [-0.15, -0.1) is 0 Å². The first kappa shape index (κ1) is 34.1. The average Bonchev–Trinajstić information content (AvgIpc) is 2.58. The molecule has 0 spiro atoms. The lowest BCUT2D eigenvalue weighted by Crippen LogP contribution is -3.99. The summed E-state index contributed by atoms with van der Waals surface area (Å²) in [4.78, 5) is 0. The van der Waals surface area contributed by atoms with Gasteiger partial charge < -0.3 is 6.87 Å². The van der Waals surface area contributed by atoms with Crippen LogP contribution >= 0.6 is 0 Å². The molecule has 0 bridgehead atoms. The van der Waals surface area contributed by atoms with Crippen molar-refractivity contribution in [3.8, 4) is 0 Å². The van der Waals surface area contributed by atoms with Crippen LogP contribution in [0.5, 0.6) is 0 Å². The van der Waals surface area contributed by atoms with Crippen LogP contribution in [0.15, 0.2) is 0 Å². The first-order valence-corrected chi connectivity index (χ1v) is 9.53. The lowest BCUT2D eigenvalue weighted by molar-refractivity contribution is -1.63. The predicted octanol–water partition coefficient (Wildman–Crippen LogP) is 1.33. The largest absolute Gasteiger partial charge is 0.514 e. The van der Waals surface area contributed by atoms with Gasteiger partial charge in [0.05, 0.1) is 3.07 Å². The Kier molecular flexibility index (Phi) is 8.38. The van der Waals surface area contributed by atoms with Crippen LogP contribution in [0.2, 0.25) is 0 Å². The predicted molar refractivity (Wildman–Crippen MR) is 51.7 cm³/mol. The molecule has 0 unspecified atom stereocenters. The standard InChI is InChI=1S/C10F21IO3/c11-1(12,3(15,16)5(19,20)7(23,24)9(27,28)29)2(13,14)4(17,18)6(21,22)8(25,26)10(30,31)35-32(33)34. The number of rotatable bonds is 10. The third-order valence-electron chi connectivity index (χ3n) is 3.64. The lowest BCUT2D eigenvalue weighted by atomic mass is 9.87. The van der Waals surface area contributed by atoms with Crippen LogP contribution in [0.3, 0.4) is 0 Å². The van der Waals surface area contributed by atoms with Crippen molar-refractivity contribution in [2.75, 3.05) is 0 Å². The summed E-state index contributed by atoms with van der Waals surface area (Å²) in [5, 5.41) is 0. The van der Waals surface area contributed by atoms with E-state index in [1.807, 2.05) is 3.07 Å². The summed E-state index contributed by atoms with van der Waals surface area (Å²) >= 11 is -6.41. The molecule has 0 saturated heterocycles. The molecule has 0 saturated carbocycles. The molecule has 0 aliphatic heterocycles. The summed E-state index contributed by atoms with van der Waals surface area (Å²) in [6.07, 6.45) is -15.6. The van der Waals surface area contributed by atoms with Gasteiger partial charge in [0.2, 0.25) is 0 Å². The Bertz CT molecular complexity index is 770. The molecule has 0 aliphatic carbocycles. The highest BCUT2D eigenvalue weighted by atomic mass is 127. The molecule has 0 aromatic carbocycles. The highest BCUT2D eigenvalue weighted by Crippen LogP contribution is 2.66. The van der Waals surface area contributed by atoms with Crippen LogP contribution < -0.4 is 27.9 Å². The fraction of sp³-hybridized carbons (Fsp3) is 1.00. The van der Waals surface area contributed by atoms with Crippen LogP contribution in [0.4, 0.5) is 92.2 Å². The van der Waals surface area contributed by atoms with Gasteiger partial charge >= 0.3 is 80.7 Å². The molecule has 0 radical (unpaired) electrons. The zero-order valence-electron chi connectivity index (χ0n) is 14.5. The zero-order valence-corrected chi connectivity index (χ0v) is 16.7. The second kappa shape index (κ2) is 8.59. The van der Waals surface area contributed by atoms with Gasteiger partial charge in [0.1, 0.15) is 0 Å². The molecule has 0 N–H and O–H groups in total. The van der Waals surface area contributed by atoms with Gasteiger partial charge in [-0.1, -0.05) is 0 Å². The van der Waals surface area contributed by atoms with Gasteiger partial charge in [-0.05, 0) is 0 Å². The lowest BCUT2D eigenvalue weighted by Gasteiger charge is -2.43. The van der Waals surface area contributed by atoms with E-state index in [0.29, 0.717) is 0 Å². The van der Waals surface area contributed by atoms with Gasteiger partial charge in [0.15, 0.2) is 0 Å². The fourth-order valence-corrected chi connectivity index (χ4v) is 2.40. The van der Waals surface area contributed by atoms with E-state index in [0.717, 1.165) is 0 Å². The monoisotopic (exact) mass is 694 g/mol. The molecular formula is C10F21IO3. The van der Waals surface area contributed by atoms with Gasteiger partial charge in [-0.2, -0.15) is 92.2 Å². The molecule has 0 heterocycles. The molecule has 0 atom stereocenters. The number of alkyl halides is 21. The van der Waals surface area contributed by atoms with Crippen LogP contribution in [-0.4, -0.2) is 59.7 Å². The van der Waals surface area contributed by atoms with Crippen molar-refractivity contribution in [1.82, 2.24) is 0 Å². The van der Waals surface area contributed by atoms with Gasteiger partial charge in [-0.25, -0.2) is 0 Å². The third-order valence-corrected chi connectivity index (χ3v) is 4.55. The highest BCUT2D eigenvalue weighted by molar-refractivity contribution is 5.17. The van der Waals surface area contributed by atoms with Crippen molar-refractivity contribution in [3.63, 3.8) is 0 Å². The molecule has 0 aromatic heterocycles. The first-order chi connectivity index (χ1) is 14.7. The molecule has 212 valence electrons. The minimum absolute atomic E-state index is 1.81. The maximum Gasteiger partial charge on any atom is 0.514 e. The van der Waals surface area contributed by atoms with E-state index in [2.05, 4.69) is 0 Å². The molecule has 35 heavy (non-hydrogen) atoms. The molecule has 25 heteroatoms. The Labute approximate surface area is 183 Å². The highest BCUT2D eigenvalue weighted by Gasteiger charge is 2.98. The number of halogens is 22. The summed E-state index contributed by atoms with van der Waals surface area (Å²) in [6.45, 7) is 0. The summed E-state index contributed by atoms with van der Waals surface area (Å²) in [6, 6.07) is 0. The van der Waals surface area contributed by atoms with Crippen molar-refractivity contribution in [2.24, 2.45) is 0 Å². The van der Waals surface area contributed by atoms with Crippen LogP contribution in [0.1, 0.15) is 0 Å². The Hall–Kier alpha value is -0.860. The molecule has 0 rings (SSSR count). The third kappa shape index (κ3) is 4.43. The van der Waals surface area contributed by atoms with Crippen molar-refractivity contribution >= 4 is 0 Å². The Morgan fingerprint density at radius 3 is 0.743 bits per heavy atom. The van der Waals surface area contributed by atoms with Gasteiger partial charge in [-0.3, -0.25) is 0 Å². The van der Waals surface area contributed by atoms with Crippen molar-refractivity contribution < 1.29 is 123 Å². The van der Waals surface area contributed by atoms with Crippen molar-refractivity contribution in [1.29, 1.82) is 0 Å². The molecule has 0 fully saturated rings. The van der Waals surface area contributed by atoms with Gasteiger partial charge in [0.25, 0.3) is 0 Å². The Balaban J connectivity index is 7.03. The zero-order chi connectivity index (χ0) is 29.3. The molecular weight excluding hydrogens is 694 g/mol. The number of hydrogen-bond acceptors (Lipinski definition) is 3. The number of hydrogen-bond donors (Lipinski definition) is 0. The van der Waals surface area contributed by atoms with E-state index in [9.17, 15) is 99.1 Å². The second-order valence-corrected chi connectivity index (χ2v) is 7.39. The Morgan fingerprint density at radius 2 is 0.543 bits per heavy atom. The molecule has 3 nitrogen and oxygen atoms in total. The van der Waals surface area contributed by atoms with E-state index in [1.54, 1.807) is 0 Å². The van der Waals surface area contributed by atoms with Crippen LogP contribution in [0, 0.1) is 0 Å². The van der Waals surface area contributed by atoms with E-state index in [-0.39, 0.29) is 0 Å².